The SMILES string of the molecule is Cc1ccc(/C(=C\CN2CCCC2)c2cccc(/C=C/CN(C(=O)c3ccc(Cn4c(C)nc5cnccc54)cc3)C3CC(C)CC(C)C3)n2)cc1. The second-order valence-corrected chi connectivity index (χ2v) is 15.2. The van der Waals surface area contributed by atoms with E-state index in [2.05, 4.69) is 118 Å². The summed E-state index contributed by atoms with van der Waals surface area (Å²) in [4.78, 5) is 33.0. The Kier molecular flexibility index (Phi) is 11.1. The highest BCUT2D eigenvalue weighted by Crippen LogP contribution is 2.32. The molecule has 2 aromatic carbocycles. The second-order valence-electron chi connectivity index (χ2n) is 15.2. The predicted octanol–water partition coefficient (Wildman–Crippen LogP) is 9.00. The van der Waals surface area contributed by atoms with Crippen LogP contribution in [0, 0.1) is 25.7 Å². The van der Waals surface area contributed by atoms with Crippen LogP contribution in [0.5, 0.6) is 0 Å². The third-order valence-electron chi connectivity index (χ3n) is 10.9. The van der Waals surface area contributed by atoms with Crippen LogP contribution in [0.1, 0.15) is 90.2 Å². The van der Waals surface area contributed by atoms with Gasteiger partial charge >= 0.3 is 0 Å². The van der Waals surface area contributed by atoms with Crippen LogP contribution in [0.3, 0.4) is 0 Å². The molecule has 52 heavy (non-hydrogen) atoms. The van der Waals surface area contributed by atoms with E-state index < -0.39 is 0 Å². The number of rotatable bonds is 11. The van der Waals surface area contributed by atoms with E-state index in [1.165, 1.54) is 36.0 Å². The van der Waals surface area contributed by atoms with E-state index in [9.17, 15) is 4.79 Å². The first-order valence-electron chi connectivity index (χ1n) is 19.1. The van der Waals surface area contributed by atoms with Crippen molar-refractivity contribution in [2.45, 2.75) is 72.4 Å². The number of aromatic nitrogens is 4. The maximum Gasteiger partial charge on any atom is 0.254 e. The fourth-order valence-electron chi connectivity index (χ4n) is 8.23. The quantitative estimate of drug-likeness (QED) is 0.138. The summed E-state index contributed by atoms with van der Waals surface area (Å²) in [5.41, 5.74) is 9.30. The Labute approximate surface area is 309 Å². The molecule has 2 fully saturated rings. The molecular weight excluding hydrogens is 641 g/mol. The number of imidazole rings is 1. The lowest BCUT2D eigenvalue weighted by Crippen LogP contribution is -2.44. The molecule has 1 aliphatic carbocycles. The first kappa shape index (κ1) is 35.5. The molecule has 3 aromatic heterocycles. The third kappa shape index (κ3) is 8.42. The van der Waals surface area contributed by atoms with Gasteiger partial charge in [0.2, 0.25) is 0 Å². The van der Waals surface area contributed by atoms with Crippen molar-refractivity contribution >= 4 is 28.6 Å². The summed E-state index contributed by atoms with van der Waals surface area (Å²) < 4.78 is 2.20. The minimum atomic E-state index is 0.0889. The topological polar surface area (TPSA) is 67.2 Å². The first-order valence-corrected chi connectivity index (χ1v) is 19.1. The zero-order chi connectivity index (χ0) is 36.0. The summed E-state index contributed by atoms with van der Waals surface area (Å²) in [6.07, 6.45) is 16.0. The van der Waals surface area contributed by atoms with Gasteiger partial charge in [-0.15, -0.1) is 0 Å². The Balaban J connectivity index is 1.10. The molecule has 0 N–H and O–H groups in total. The van der Waals surface area contributed by atoms with E-state index in [4.69, 9.17) is 4.98 Å². The molecule has 7 rings (SSSR count). The van der Waals surface area contributed by atoms with Crippen molar-refractivity contribution in [3.63, 3.8) is 0 Å². The molecule has 0 radical (unpaired) electrons. The van der Waals surface area contributed by atoms with E-state index in [1.54, 1.807) is 12.4 Å². The number of fused-ring (bicyclic) bond motifs is 1. The Morgan fingerprint density at radius 2 is 1.60 bits per heavy atom. The number of carbonyl (C=O) groups is 1. The fourth-order valence-corrected chi connectivity index (χ4v) is 8.23. The molecule has 0 spiro atoms. The van der Waals surface area contributed by atoms with Crippen molar-refractivity contribution in [1.82, 2.24) is 29.3 Å². The highest BCUT2D eigenvalue weighted by molar-refractivity contribution is 5.94. The number of nitrogens with zero attached hydrogens (tertiary/aromatic N) is 6. The van der Waals surface area contributed by atoms with Crippen LogP contribution in [0.25, 0.3) is 22.7 Å². The average Bonchev–Trinajstić information content (AvgIpc) is 3.78. The number of benzene rings is 2. The van der Waals surface area contributed by atoms with Gasteiger partial charge in [-0.3, -0.25) is 14.7 Å². The van der Waals surface area contributed by atoms with Gasteiger partial charge in [-0.2, -0.15) is 0 Å². The zero-order valence-electron chi connectivity index (χ0n) is 31.2. The molecule has 2 atom stereocenters. The van der Waals surface area contributed by atoms with Crippen LogP contribution in [-0.4, -0.2) is 67.4 Å². The van der Waals surface area contributed by atoms with Gasteiger partial charge in [-0.25, -0.2) is 9.97 Å². The summed E-state index contributed by atoms with van der Waals surface area (Å²) in [6.45, 7) is 13.3. The standard InChI is InChI=1S/C45H52N6O/c1-32-12-16-37(17-13-32)41(21-26-49-23-5-6-24-49)42-11-7-9-39(48-42)10-8-25-50(40-28-33(2)27-34(3)29-40)45(52)38-18-14-36(15-19-38)31-51-35(4)47-43-30-46-22-20-44(43)51/h7-22,30,33-34,40H,5-6,23-29,31H2,1-4H3/b10-8+,41-21+. The zero-order valence-corrected chi connectivity index (χ0v) is 31.2. The molecule has 7 nitrogen and oxygen atoms in total. The molecule has 268 valence electrons. The molecule has 2 aliphatic rings. The van der Waals surface area contributed by atoms with Crippen LogP contribution in [0.4, 0.5) is 0 Å². The molecule has 4 heterocycles. The van der Waals surface area contributed by atoms with Crippen LogP contribution >= 0.6 is 0 Å². The van der Waals surface area contributed by atoms with E-state index in [0.29, 0.717) is 24.9 Å². The Morgan fingerprint density at radius 1 is 0.865 bits per heavy atom. The molecule has 0 bridgehead atoms. The molecule has 1 amide bonds. The van der Waals surface area contributed by atoms with Gasteiger partial charge in [-0.1, -0.05) is 74.0 Å². The van der Waals surface area contributed by atoms with E-state index in [-0.39, 0.29) is 11.9 Å². The summed E-state index contributed by atoms with van der Waals surface area (Å²) in [5, 5.41) is 0. The first-order chi connectivity index (χ1) is 25.3. The maximum absolute atomic E-state index is 14.3. The summed E-state index contributed by atoms with van der Waals surface area (Å²) in [7, 11) is 0. The van der Waals surface area contributed by atoms with E-state index in [0.717, 1.165) is 71.8 Å². The largest absolute Gasteiger partial charge is 0.332 e. The molecule has 5 aromatic rings. The van der Waals surface area contributed by atoms with Crippen molar-refractivity contribution in [2.75, 3.05) is 26.2 Å². The smallest absolute Gasteiger partial charge is 0.254 e. The van der Waals surface area contributed by atoms with E-state index in [1.807, 2.05) is 25.1 Å². The van der Waals surface area contributed by atoms with Crippen LogP contribution < -0.4 is 0 Å². The van der Waals surface area contributed by atoms with Crippen molar-refractivity contribution in [1.29, 1.82) is 0 Å². The molecule has 1 aliphatic heterocycles. The van der Waals surface area contributed by atoms with Gasteiger partial charge in [0.15, 0.2) is 0 Å². The van der Waals surface area contributed by atoms with Gasteiger partial charge < -0.3 is 9.47 Å². The van der Waals surface area contributed by atoms with Gasteiger partial charge in [0, 0.05) is 43.0 Å². The Hall–Kier alpha value is -4.88. The Bertz CT molecular complexity index is 2030. The third-order valence-corrected chi connectivity index (χ3v) is 10.9. The van der Waals surface area contributed by atoms with E-state index >= 15 is 0 Å². The van der Waals surface area contributed by atoms with Crippen molar-refractivity contribution in [2.24, 2.45) is 11.8 Å². The minimum Gasteiger partial charge on any atom is -0.332 e. The minimum absolute atomic E-state index is 0.0889. The molecule has 1 saturated carbocycles. The fraction of sp³-hybridized carbons (Fsp3) is 0.378. The summed E-state index contributed by atoms with van der Waals surface area (Å²) in [6, 6.07) is 25.4. The molecule has 7 heteroatoms. The number of amides is 1. The maximum atomic E-state index is 14.3. The lowest BCUT2D eigenvalue weighted by Gasteiger charge is -2.39. The molecule has 1 saturated heterocycles. The monoisotopic (exact) mass is 692 g/mol. The molecule has 2 unspecified atom stereocenters. The van der Waals surface area contributed by atoms with Crippen molar-refractivity contribution in [3.8, 4) is 0 Å². The highest BCUT2D eigenvalue weighted by atomic mass is 16.2. The average molecular weight is 693 g/mol. The summed E-state index contributed by atoms with van der Waals surface area (Å²) >= 11 is 0. The van der Waals surface area contributed by atoms with Crippen molar-refractivity contribution in [3.05, 3.63) is 137 Å². The lowest BCUT2D eigenvalue weighted by molar-refractivity contribution is 0.0596. The Morgan fingerprint density at radius 3 is 2.35 bits per heavy atom. The second kappa shape index (κ2) is 16.2. The summed E-state index contributed by atoms with van der Waals surface area (Å²) in [5.74, 6) is 2.21. The van der Waals surface area contributed by atoms with Crippen LogP contribution in [0.2, 0.25) is 0 Å². The van der Waals surface area contributed by atoms with Gasteiger partial charge in [0.1, 0.15) is 11.3 Å². The number of carbonyl (C=O) groups excluding carboxylic acids is 1. The number of pyridine rings is 2. The number of hydrogen-bond acceptors (Lipinski definition) is 5. The van der Waals surface area contributed by atoms with Crippen LogP contribution in [0.15, 0.2) is 97.3 Å². The van der Waals surface area contributed by atoms with Crippen molar-refractivity contribution < 1.29 is 4.79 Å². The highest BCUT2D eigenvalue weighted by Gasteiger charge is 2.31. The molecular formula is C45H52N6O. The predicted molar refractivity (Wildman–Crippen MR) is 212 cm³/mol. The van der Waals surface area contributed by atoms with Gasteiger partial charge in [0.25, 0.3) is 5.91 Å². The van der Waals surface area contributed by atoms with Gasteiger partial charge in [0.05, 0.1) is 23.1 Å². The number of hydrogen-bond donors (Lipinski definition) is 0. The lowest BCUT2D eigenvalue weighted by atomic mass is 9.79. The van der Waals surface area contributed by atoms with Gasteiger partial charge in [-0.05, 0) is 118 Å². The number of likely N-dealkylation sites (tertiary alicyclic amines) is 1. The normalized spacial score (nSPS) is 19.8. The van der Waals surface area contributed by atoms with Crippen LogP contribution in [-0.2, 0) is 6.54 Å². The number of aryl methyl sites for hydroxylation is 2.